The first-order chi connectivity index (χ1) is 5.22. The van der Waals surface area contributed by atoms with Crippen molar-refractivity contribution in [3.8, 4) is 0 Å². The monoisotopic (exact) mass is 157 g/mol. The molecule has 11 heavy (non-hydrogen) atoms. The van der Waals surface area contributed by atoms with Gasteiger partial charge in [0.2, 0.25) is 5.96 Å². The lowest BCUT2D eigenvalue weighted by molar-refractivity contribution is 0.232. The minimum Gasteiger partial charge on any atom is -0.368 e. The second kappa shape index (κ2) is 3.09. The molecule has 0 amide bonds. The van der Waals surface area contributed by atoms with Gasteiger partial charge in [0.1, 0.15) is 0 Å². The molecule has 0 spiro atoms. The van der Waals surface area contributed by atoms with E-state index in [1.165, 1.54) is 12.8 Å². The summed E-state index contributed by atoms with van der Waals surface area (Å²) in [6.45, 7) is 2.90. The Morgan fingerprint density at radius 3 is 2.73 bits per heavy atom. The quantitative estimate of drug-likeness (QED) is 0.317. The van der Waals surface area contributed by atoms with E-state index in [4.69, 9.17) is 10.9 Å². The average Bonchev–Trinajstić information content (AvgIpc) is 2.81. The van der Waals surface area contributed by atoms with Crippen molar-refractivity contribution in [2.45, 2.75) is 26.2 Å². The highest BCUT2D eigenvalue weighted by atomic mass is 16.5. The Kier molecular flexibility index (Phi) is 2.34. The van der Waals surface area contributed by atoms with Crippen LogP contribution >= 0.6 is 0 Å². The average molecular weight is 157 g/mol. The lowest BCUT2D eigenvalue weighted by atomic mass is 10.1. The number of rotatable bonds is 3. The van der Waals surface area contributed by atoms with Gasteiger partial charge in [-0.05, 0) is 24.7 Å². The van der Waals surface area contributed by atoms with Crippen LogP contribution in [0.1, 0.15) is 26.2 Å². The third-order valence-electron chi connectivity index (χ3n) is 2.41. The summed E-state index contributed by atoms with van der Waals surface area (Å²) in [5.41, 5.74) is 7.47. The lowest BCUT2D eigenvalue weighted by Gasteiger charge is -2.07. The molecule has 1 saturated carbocycles. The molecule has 4 N–H and O–H groups in total. The van der Waals surface area contributed by atoms with Crippen molar-refractivity contribution in [3.63, 3.8) is 0 Å². The number of nitrogens with one attached hydrogen (secondary N) is 1. The fraction of sp³-hybridized carbons (Fsp3) is 0.857. The van der Waals surface area contributed by atoms with E-state index in [2.05, 4.69) is 11.9 Å². The Morgan fingerprint density at radius 2 is 2.36 bits per heavy atom. The molecular weight excluding hydrogens is 142 g/mol. The smallest absolute Gasteiger partial charge is 0.212 e. The molecule has 0 aromatic heterocycles. The Labute approximate surface area is 66.5 Å². The number of aliphatic imine (C=N–C) groups is 1. The highest BCUT2D eigenvalue weighted by Gasteiger charge is 2.40. The molecule has 64 valence electrons. The number of hydroxylamine groups is 1. The molecule has 0 radical (unpaired) electrons. The maximum Gasteiger partial charge on any atom is 0.212 e. The van der Waals surface area contributed by atoms with Crippen LogP contribution < -0.4 is 11.2 Å². The SMILES string of the molecule is CCC1(CN=C(N)NO)CC1. The van der Waals surface area contributed by atoms with Crippen molar-refractivity contribution in [1.29, 1.82) is 0 Å². The number of hydrogen-bond acceptors (Lipinski definition) is 2. The van der Waals surface area contributed by atoms with E-state index in [9.17, 15) is 0 Å². The molecule has 0 atom stereocenters. The molecule has 1 fully saturated rings. The lowest BCUT2D eigenvalue weighted by Crippen LogP contribution is -2.29. The summed E-state index contributed by atoms with van der Waals surface area (Å²) in [6, 6.07) is 0. The molecule has 0 aliphatic heterocycles. The Morgan fingerprint density at radius 1 is 1.73 bits per heavy atom. The van der Waals surface area contributed by atoms with Crippen molar-refractivity contribution in [2.24, 2.45) is 16.1 Å². The van der Waals surface area contributed by atoms with Crippen LogP contribution in [0.5, 0.6) is 0 Å². The Hall–Kier alpha value is -0.770. The van der Waals surface area contributed by atoms with Gasteiger partial charge in [0, 0.05) is 6.54 Å². The molecule has 4 heteroatoms. The van der Waals surface area contributed by atoms with Crippen LogP contribution in [0.15, 0.2) is 4.99 Å². The normalized spacial score (nSPS) is 21.5. The largest absolute Gasteiger partial charge is 0.368 e. The molecule has 0 bridgehead atoms. The minimum absolute atomic E-state index is 0.115. The second-order valence-corrected chi connectivity index (χ2v) is 3.17. The van der Waals surface area contributed by atoms with Crippen LogP contribution in [0.3, 0.4) is 0 Å². The third-order valence-corrected chi connectivity index (χ3v) is 2.41. The maximum absolute atomic E-state index is 8.32. The fourth-order valence-electron chi connectivity index (χ4n) is 1.09. The predicted molar refractivity (Wildman–Crippen MR) is 43.4 cm³/mol. The first-order valence-electron chi connectivity index (χ1n) is 3.92. The zero-order valence-electron chi connectivity index (χ0n) is 6.80. The van der Waals surface area contributed by atoms with Gasteiger partial charge in [-0.1, -0.05) is 6.92 Å². The summed E-state index contributed by atoms with van der Waals surface area (Å²) in [7, 11) is 0. The zero-order chi connectivity index (χ0) is 8.32. The van der Waals surface area contributed by atoms with Gasteiger partial charge in [-0.15, -0.1) is 0 Å². The summed E-state index contributed by atoms with van der Waals surface area (Å²) < 4.78 is 0. The van der Waals surface area contributed by atoms with Gasteiger partial charge < -0.3 is 5.73 Å². The number of hydrogen-bond donors (Lipinski definition) is 3. The molecule has 0 heterocycles. The van der Waals surface area contributed by atoms with Crippen LogP contribution in [-0.4, -0.2) is 17.7 Å². The second-order valence-electron chi connectivity index (χ2n) is 3.17. The van der Waals surface area contributed by atoms with Gasteiger partial charge in [-0.3, -0.25) is 10.2 Å². The molecule has 4 nitrogen and oxygen atoms in total. The molecular formula is C7H15N3O. The molecule has 0 unspecified atom stereocenters. The fourth-order valence-corrected chi connectivity index (χ4v) is 1.09. The highest BCUT2D eigenvalue weighted by Crippen LogP contribution is 2.48. The van der Waals surface area contributed by atoms with Crippen LogP contribution in [0.2, 0.25) is 0 Å². The van der Waals surface area contributed by atoms with Crippen molar-refractivity contribution in [2.75, 3.05) is 6.54 Å². The van der Waals surface area contributed by atoms with Gasteiger partial charge in [0.25, 0.3) is 0 Å². The summed E-state index contributed by atoms with van der Waals surface area (Å²) in [5.74, 6) is 0.115. The predicted octanol–water partition coefficient (Wildman–Crippen LogP) is 0.470. The molecule has 1 aliphatic rings. The van der Waals surface area contributed by atoms with Crippen molar-refractivity contribution in [3.05, 3.63) is 0 Å². The van der Waals surface area contributed by atoms with E-state index in [-0.39, 0.29) is 5.96 Å². The van der Waals surface area contributed by atoms with E-state index in [1.807, 2.05) is 5.48 Å². The van der Waals surface area contributed by atoms with Crippen molar-refractivity contribution >= 4 is 5.96 Å². The number of nitrogens with two attached hydrogens (primary N) is 1. The standard InChI is InChI=1S/C7H15N3O/c1-2-7(3-4-7)5-9-6(8)10-11/h11H,2-5H2,1H3,(H3,8,9,10). The van der Waals surface area contributed by atoms with Gasteiger partial charge >= 0.3 is 0 Å². The summed E-state index contributed by atoms with van der Waals surface area (Å²) in [4.78, 5) is 3.98. The molecule has 1 rings (SSSR count). The van der Waals surface area contributed by atoms with Crippen LogP contribution in [-0.2, 0) is 0 Å². The molecule has 0 aromatic carbocycles. The van der Waals surface area contributed by atoms with Crippen LogP contribution in [0, 0.1) is 5.41 Å². The molecule has 0 saturated heterocycles. The van der Waals surface area contributed by atoms with Crippen molar-refractivity contribution in [1.82, 2.24) is 5.48 Å². The van der Waals surface area contributed by atoms with E-state index in [1.54, 1.807) is 0 Å². The molecule has 1 aliphatic carbocycles. The minimum atomic E-state index is 0.115. The summed E-state index contributed by atoms with van der Waals surface area (Å²) in [6.07, 6.45) is 3.63. The summed E-state index contributed by atoms with van der Waals surface area (Å²) in [5, 5.41) is 8.32. The van der Waals surface area contributed by atoms with Crippen molar-refractivity contribution < 1.29 is 5.21 Å². The topological polar surface area (TPSA) is 70.6 Å². The van der Waals surface area contributed by atoms with Crippen LogP contribution in [0.25, 0.3) is 0 Å². The van der Waals surface area contributed by atoms with Gasteiger partial charge in [-0.25, -0.2) is 5.48 Å². The third kappa shape index (κ3) is 2.08. The first kappa shape index (κ1) is 8.33. The molecule has 0 aromatic rings. The zero-order valence-corrected chi connectivity index (χ0v) is 6.80. The maximum atomic E-state index is 8.32. The van der Waals surface area contributed by atoms with E-state index in [0.29, 0.717) is 5.41 Å². The highest BCUT2D eigenvalue weighted by molar-refractivity contribution is 5.76. The van der Waals surface area contributed by atoms with E-state index >= 15 is 0 Å². The van der Waals surface area contributed by atoms with E-state index < -0.39 is 0 Å². The summed E-state index contributed by atoms with van der Waals surface area (Å²) >= 11 is 0. The van der Waals surface area contributed by atoms with Gasteiger partial charge in [-0.2, -0.15) is 0 Å². The van der Waals surface area contributed by atoms with Gasteiger partial charge in [0.05, 0.1) is 0 Å². The van der Waals surface area contributed by atoms with Gasteiger partial charge in [0.15, 0.2) is 0 Å². The van der Waals surface area contributed by atoms with E-state index in [0.717, 1.165) is 13.0 Å². The number of guanidine groups is 1. The first-order valence-corrected chi connectivity index (χ1v) is 3.92. The van der Waals surface area contributed by atoms with Crippen LogP contribution in [0.4, 0.5) is 0 Å². The Bertz CT molecular complexity index is 163. The Balaban J connectivity index is 2.31. The number of nitrogens with zero attached hydrogens (tertiary/aromatic N) is 1.